The second-order valence-electron chi connectivity index (χ2n) is 3.89. The maximum absolute atomic E-state index is 11.9. The van der Waals surface area contributed by atoms with Crippen LogP contribution >= 0.6 is 11.6 Å². The fraction of sp³-hybridized carbons (Fsp3) is 0.364. The molecule has 0 aromatic heterocycles. The van der Waals surface area contributed by atoms with Gasteiger partial charge in [-0.05, 0) is 32.3 Å². The Hall–Kier alpha value is -1.30. The van der Waals surface area contributed by atoms with Gasteiger partial charge in [0.05, 0.1) is 11.3 Å². The van der Waals surface area contributed by atoms with Gasteiger partial charge >= 0.3 is 0 Å². The van der Waals surface area contributed by atoms with Crippen LogP contribution in [0.25, 0.3) is 0 Å². The smallest absolute Gasteiger partial charge is 0.253 e. The molecule has 17 heavy (non-hydrogen) atoms. The summed E-state index contributed by atoms with van der Waals surface area (Å²) in [6.07, 6.45) is 0. The summed E-state index contributed by atoms with van der Waals surface area (Å²) in [5.74, 6) is 5.14. The second-order valence-corrected chi connectivity index (χ2v) is 4.33. The molecule has 0 aliphatic heterocycles. The Labute approximate surface area is 106 Å². The van der Waals surface area contributed by atoms with Gasteiger partial charge < -0.3 is 15.6 Å². The van der Waals surface area contributed by atoms with Gasteiger partial charge in [0.15, 0.2) is 0 Å². The quantitative estimate of drug-likeness (QED) is 0.541. The minimum atomic E-state index is -0.192. The molecule has 1 aromatic carbocycles. The Balaban J connectivity index is 2.70. The van der Waals surface area contributed by atoms with E-state index in [0.717, 1.165) is 6.54 Å². The lowest BCUT2D eigenvalue weighted by Gasteiger charge is -2.12. The monoisotopic (exact) mass is 256 g/mol. The van der Waals surface area contributed by atoms with Crippen LogP contribution in [0.15, 0.2) is 18.2 Å². The van der Waals surface area contributed by atoms with Crippen molar-refractivity contribution in [3.8, 4) is 0 Å². The lowest BCUT2D eigenvalue weighted by atomic mass is 10.1. The molecule has 1 amide bonds. The molecule has 0 radical (unpaired) electrons. The number of nitrogens with two attached hydrogens (primary N) is 1. The number of amides is 1. The van der Waals surface area contributed by atoms with Crippen molar-refractivity contribution >= 4 is 23.2 Å². The van der Waals surface area contributed by atoms with Gasteiger partial charge in [-0.1, -0.05) is 11.6 Å². The predicted molar refractivity (Wildman–Crippen MR) is 70.1 cm³/mol. The number of anilines is 1. The van der Waals surface area contributed by atoms with Crippen LogP contribution < -0.4 is 16.6 Å². The third kappa shape index (κ3) is 4.22. The molecule has 0 aliphatic rings. The average Bonchev–Trinajstić information content (AvgIpc) is 2.28. The van der Waals surface area contributed by atoms with Crippen LogP contribution in [-0.2, 0) is 0 Å². The zero-order valence-corrected chi connectivity index (χ0v) is 10.7. The highest BCUT2D eigenvalue weighted by molar-refractivity contribution is 6.31. The van der Waals surface area contributed by atoms with Gasteiger partial charge in [0.1, 0.15) is 0 Å². The Kier molecular flexibility index (Phi) is 5.21. The lowest BCUT2D eigenvalue weighted by molar-refractivity contribution is 0.0952. The standard InChI is InChI=1S/C11H17ClN4O/c1-16(2)6-5-14-11(17)9-7-8(12)3-4-10(9)15-13/h3-4,7,15H,5-6,13H2,1-2H3,(H,14,17). The molecule has 94 valence electrons. The number of rotatable bonds is 5. The Morgan fingerprint density at radius 1 is 1.47 bits per heavy atom. The van der Waals surface area contributed by atoms with Crippen molar-refractivity contribution in [3.63, 3.8) is 0 Å². The Morgan fingerprint density at radius 3 is 2.76 bits per heavy atom. The zero-order valence-electron chi connectivity index (χ0n) is 9.96. The highest BCUT2D eigenvalue weighted by atomic mass is 35.5. The fourth-order valence-corrected chi connectivity index (χ4v) is 1.49. The number of hydrazine groups is 1. The number of benzene rings is 1. The molecule has 5 nitrogen and oxygen atoms in total. The van der Waals surface area contributed by atoms with Crippen molar-refractivity contribution in [1.82, 2.24) is 10.2 Å². The van der Waals surface area contributed by atoms with Crippen LogP contribution in [-0.4, -0.2) is 38.0 Å². The summed E-state index contributed by atoms with van der Waals surface area (Å²) in [6.45, 7) is 1.35. The summed E-state index contributed by atoms with van der Waals surface area (Å²) in [6, 6.07) is 4.93. The SMILES string of the molecule is CN(C)CCNC(=O)c1cc(Cl)ccc1NN. The van der Waals surface area contributed by atoms with E-state index < -0.39 is 0 Å². The van der Waals surface area contributed by atoms with Crippen molar-refractivity contribution in [2.45, 2.75) is 0 Å². The first-order chi connectivity index (χ1) is 8.04. The van der Waals surface area contributed by atoms with Crippen LogP contribution in [0.3, 0.4) is 0 Å². The topological polar surface area (TPSA) is 70.4 Å². The number of hydrogen-bond donors (Lipinski definition) is 3. The van der Waals surface area contributed by atoms with Gasteiger partial charge in [-0.3, -0.25) is 10.6 Å². The minimum absolute atomic E-state index is 0.192. The molecule has 0 saturated heterocycles. The van der Waals surface area contributed by atoms with E-state index >= 15 is 0 Å². The first kappa shape index (κ1) is 13.8. The molecular weight excluding hydrogens is 240 g/mol. The van der Waals surface area contributed by atoms with E-state index in [0.29, 0.717) is 22.8 Å². The van der Waals surface area contributed by atoms with Crippen LogP contribution in [0.5, 0.6) is 0 Å². The first-order valence-corrected chi connectivity index (χ1v) is 5.61. The van der Waals surface area contributed by atoms with Gasteiger partial charge in [-0.15, -0.1) is 0 Å². The van der Waals surface area contributed by atoms with Gasteiger partial charge in [0.25, 0.3) is 5.91 Å². The highest BCUT2D eigenvalue weighted by Gasteiger charge is 2.10. The van der Waals surface area contributed by atoms with Crippen molar-refractivity contribution in [2.75, 3.05) is 32.6 Å². The summed E-state index contributed by atoms with van der Waals surface area (Å²) in [5, 5.41) is 3.30. The second kappa shape index (κ2) is 6.44. The van der Waals surface area contributed by atoms with Gasteiger partial charge in [0, 0.05) is 18.1 Å². The molecule has 6 heteroatoms. The molecule has 0 heterocycles. The summed E-state index contributed by atoms with van der Waals surface area (Å²) >= 11 is 5.85. The van der Waals surface area contributed by atoms with Gasteiger partial charge in [-0.25, -0.2) is 0 Å². The number of carbonyl (C=O) groups excluding carboxylic acids is 1. The molecule has 0 spiro atoms. The van der Waals surface area contributed by atoms with E-state index in [9.17, 15) is 4.79 Å². The molecule has 1 rings (SSSR count). The van der Waals surface area contributed by atoms with Gasteiger partial charge in [-0.2, -0.15) is 0 Å². The van der Waals surface area contributed by atoms with E-state index in [2.05, 4.69) is 10.7 Å². The molecule has 0 saturated carbocycles. The maximum Gasteiger partial charge on any atom is 0.253 e. The number of hydrogen-bond acceptors (Lipinski definition) is 4. The minimum Gasteiger partial charge on any atom is -0.351 e. The van der Waals surface area contributed by atoms with Crippen molar-refractivity contribution in [2.24, 2.45) is 5.84 Å². The Bertz CT molecular complexity index is 395. The Morgan fingerprint density at radius 2 is 2.18 bits per heavy atom. The summed E-state index contributed by atoms with van der Waals surface area (Å²) in [4.78, 5) is 13.9. The van der Waals surface area contributed by atoms with E-state index in [-0.39, 0.29) is 5.91 Å². The number of carbonyl (C=O) groups is 1. The van der Waals surface area contributed by atoms with Crippen LogP contribution in [0.1, 0.15) is 10.4 Å². The van der Waals surface area contributed by atoms with Crippen LogP contribution in [0.4, 0.5) is 5.69 Å². The van der Waals surface area contributed by atoms with Gasteiger partial charge in [0.2, 0.25) is 0 Å². The number of nitrogen functional groups attached to an aromatic ring is 1. The normalized spacial score (nSPS) is 10.4. The third-order valence-corrected chi connectivity index (χ3v) is 2.46. The van der Waals surface area contributed by atoms with Crippen molar-refractivity contribution < 1.29 is 4.79 Å². The molecule has 0 atom stereocenters. The number of likely N-dealkylation sites (N-methyl/N-ethyl adjacent to an activating group) is 1. The maximum atomic E-state index is 11.9. The van der Waals surface area contributed by atoms with E-state index in [1.54, 1.807) is 18.2 Å². The number of nitrogens with zero attached hydrogens (tertiary/aromatic N) is 1. The van der Waals surface area contributed by atoms with E-state index in [4.69, 9.17) is 17.4 Å². The van der Waals surface area contributed by atoms with Crippen molar-refractivity contribution in [3.05, 3.63) is 28.8 Å². The molecular formula is C11H17ClN4O. The van der Waals surface area contributed by atoms with Crippen molar-refractivity contribution in [1.29, 1.82) is 0 Å². The third-order valence-electron chi connectivity index (χ3n) is 2.23. The van der Waals surface area contributed by atoms with Crippen LogP contribution in [0.2, 0.25) is 5.02 Å². The zero-order chi connectivity index (χ0) is 12.8. The predicted octanol–water partition coefficient (Wildman–Crippen LogP) is 0.917. The summed E-state index contributed by atoms with van der Waals surface area (Å²) in [7, 11) is 3.89. The molecule has 0 fully saturated rings. The molecule has 1 aromatic rings. The molecule has 0 bridgehead atoms. The van der Waals surface area contributed by atoms with E-state index in [1.807, 2.05) is 19.0 Å². The largest absolute Gasteiger partial charge is 0.351 e. The first-order valence-electron chi connectivity index (χ1n) is 5.23. The lowest BCUT2D eigenvalue weighted by Crippen LogP contribution is -2.32. The summed E-state index contributed by atoms with van der Waals surface area (Å²) in [5.41, 5.74) is 3.47. The molecule has 0 unspecified atom stereocenters. The highest BCUT2D eigenvalue weighted by Crippen LogP contribution is 2.19. The fourth-order valence-electron chi connectivity index (χ4n) is 1.32. The number of halogens is 1. The van der Waals surface area contributed by atoms with E-state index in [1.165, 1.54) is 0 Å². The molecule has 0 aliphatic carbocycles. The molecule has 4 N–H and O–H groups in total. The average molecular weight is 257 g/mol. The number of nitrogens with one attached hydrogen (secondary N) is 2. The van der Waals surface area contributed by atoms with Crippen LogP contribution in [0, 0.1) is 0 Å². The summed E-state index contributed by atoms with van der Waals surface area (Å²) < 4.78 is 0.